The number of nitrogens with zero attached hydrogens (tertiary/aromatic N) is 8. The summed E-state index contributed by atoms with van der Waals surface area (Å²) in [5.41, 5.74) is 8.81. The molecule has 0 aliphatic carbocycles. The van der Waals surface area contributed by atoms with Crippen LogP contribution in [0.15, 0.2) is 146 Å². The third kappa shape index (κ3) is 22.6. The highest BCUT2D eigenvalue weighted by atomic mass is 35.5. The first-order chi connectivity index (χ1) is 49.0. The first-order valence-electron chi connectivity index (χ1n) is 35.5. The van der Waals surface area contributed by atoms with Crippen LogP contribution in [0.25, 0.3) is 0 Å². The van der Waals surface area contributed by atoms with Crippen molar-refractivity contribution in [2.75, 3.05) is 52.4 Å². The molecular formula is C82H96Cl4N8O8. The number of halogens is 4. The quantitative estimate of drug-likeness (QED) is 0.0898. The highest BCUT2D eigenvalue weighted by molar-refractivity contribution is 6.33. The first-order valence-corrected chi connectivity index (χ1v) is 37.0. The summed E-state index contributed by atoms with van der Waals surface area (Å²) >= 11 is 25.0. The second-order valence-corrected chi connectivity index (χ2v) is 29.6. The maximum atomic E-state index is 12.8. The van der Waals surface area contributed by atoms with E-state index in [1.165, 1.54) is 25.7 Å². The van der Waals surface area contributed by atoms with Crippen molar-refractivity contribution in [3.63, 3.8) is 0 Å². The molecule has 16 nitrogen and oxygen atoms in total. The Morgan fingerprint density at radius 2 is 0.686 bits per heavy atom. The lowest BCUT2D eigenvalue weighted by Gasteiger charge is -2.37. The summed E-state index contributed by atoms with van der Waals surface area (Å²) in [6.07, 6.45) is 10.1. The molecule has 3 unspecified atom stereocenters. The van der Waals surface area contributed by atoms with Crippen molar-refractivity contribution in [1.82, 2.24) is 39.5 Å². The maximum Gasteiger partial charge on any atom is 0.272 e. The van der Waals surface area contributed by atoms with E-state index < -0.39 is 0 Å². The Balaban J connectivity index is 0.000000158. The lowest BCUT2D eigenvalue weighted by Crippen LogP contribution is -2.43. The molecule has 3 atom stereocenters. The highest BCUT2D eigenvalue weighted by Gasteiger charge is 2.31. The molecule has 0 saturated carbocycles. The first kappa shape index (κ1) is 77.9. The number of aromatic nitrogens is 4. The van der Waals surface area contributed by atoms with Gasteiger partial charge in [0.25, 0.3) is 23.6 Å². The Bertz CT molecular complexity index is 3920. The molecule has 4 saturated heterocycles. The van der Waals surface area contributed by atoms with E-state index in [1.807, 2.05) is 169 Å². The molecule has 4 aromatic heterocycles. The second-order valence-electron chi connectivity index (χ2n) is 28.1. The molecule has 20 heteroatoms. The van der Waals surface area contributed by atoms with Gasteiger partial charge in [-0.25, -0.2) is 19.9 Å². The summed E-state index contributed by atoms with van der Waals surface area (Å²) < 4.78 is 23.2. The monoisotopic (exact) mass is 1460 g/mol. The van der Waals surface area contributed by atoms with Crippen molar-refractivity contribution >= 4 is 70.0 Å². The summed E-state index contributed by atoms with van der Waals surface area (Å²) in [5.74, 6) is 4.12. The minimum atomic E-state index is -0.00628. The SMILES string of the molecule is Cc1cccc(OCc2cccc(C(=O)N3CC(C)CC(C)C3)n2)c1Cl.Cc1cccc(OCc2cccc(C(=O)N3CCCC(C)(C)C3)n2)c1Cl.Cc1cccc(OCc2cccc(C(=O)N3CCCC(C)C3)n2)c1Cl.Cc1cccc(OCc2cccc(C(=O)N3CCCCCC3)n2)c1Cl. The van der Waals surface area contributed by atoms with Crippen LogP contribution in [-0.2, 0) is 26.4 Å². The molecule has 4 aliphatic heterocycles. The molecule has 4 aliphatic rings. The van der Waals surface area contributed by atoms with E-state index in [-0.39, 0.29) is 55.5 Å². The lowest BCUT2D eigenvalue weighted by molar-refractivity contribution is 0.0576. The Kier molecular flexibility index (Phi) is 28.8. The molecule has 4 fully saturated rings. The average Bonchev–Trinajstić information content (AvgIpc) is 0.872. The molecule has 0 bridgehead atoms. The molecule has 0 radical (unpaired) electrons. The van der Waals surface area contributed by atoms with E-state index in [0.717, 1.165) is 112 Å². The number of aryl methyl sites for hydroxylation is 4. The predicted molar refractivity (Wildman–Crippen MR) is 405 cm³/mol. The number of likely N-dealkylation sites (tertiary alicyclic amines) is 4. The zero-order chi connectivity index (χ0) is 72.9. The van der Waals surface area contributed by atoms with Gasteiger partial charge in [-0.05, 0) is 191 Å². The number of carbonyl (C=O) groups excluding carboxylic acids is 4. The molecule has 102 heavy (non-hydrogen) atoms. The van der Waals surface area contributed by atoms with Gasteiger partial charge in [-0.15, -0.1) is 0 Å². The minimum Gasteiger partial charge on any atom is -0.486 e. The van der Waals surface area contributed by atoms with Crippen LogP contribution in [0.4, 0.5) is 0 Å². The number of hydrogen-bond donors (Lipinski definition) is 0. The van der Waals surface area contributed by atoms with Crippen LogP contribution in [0.5, 0.6) is 23.0 Å². The number of ether oxygens (including phenoxy) is 4. The Morgan fingerprint density at radius 3 is 1.04 bits per heavy atom. The van der Waals surface area contributed by atoms with Gasteiger partial charge in [-0.3, -0.25) is 19.2 Å². The summed E-state index contributed by atoms with van der Waals surface area (Å²) in [6, 6.07) is 44.7. The number of rotatable bonds is 16. The number of hydrogen-bond acceptors (Lipinski definition) is 12. The van der Waals surface area contributed by atoms with Crippen LogP contribution in [0, 0.1) is 50.9 Å². The average molecular weight is 1460 g/mol. The molecule has 4 aromatic carbocycles. The number of pyridine rings is 4. The van der Waals surface area contributed by atoms with E-state index in [2.05, 4.69) is 54.6 Å². The van der Waals surface area contributed by atoms with Gasteiger partial charge in [0.15, 0.2) is 0 Å². The highest BCUT2D eigenvalue weighted by Crippen LogP contribution is 2.34. The van der Waals surface area contributed by atoms with Crippen LogP contribution in [0.2, 0.25) is 20.1 Å². The van der Waals surface area contributed by atoms with Gasteiger partial charge in [-0.2, -0.15) is 0 Å². The fourth-order valence-corrected chi connectivity index (χ4v) is 13.7. The van der Waals surface area contributed by atoms with E-state index in [4.69, 9.17) is 65.4 Å². The maximum absolute atomic E-state index is 12.8. The van der Waals surface area contributed by atoms with Gasteiger partial charge in [0, 0.05) is 52.4 Å². The van der Waals surface area contributed by atoms with Crippen LogP contribution < -0.4 is 18.9 Å². The molecule has 0 spiro atoms. The molecule has 540 valence electrons. The number of benzene rings is 4. The smallest absolute Gasteiger partial charge is 0.272 e. The largest absolute Gasteiger partial charge is 0.486 e. The molecule has 12 rings (SSSR count). The minimum absolute atomic E-state index is 0.00108. The van der Waals surface area contributed by atoms with E-state index in [9.17, 15) is 19.2 Å². The third-order valence-corrected chi connectivity index (χ3v) is 20.3. The third-order valence-electron chi connectivity index (χ3n) is 18.4. The van der Waals surface area contributed by atoms with Gasteiger partial charge in [0.05, 0.1) is 42.9 Å². The summed E-state index contributed by atoms with van der Waals surface area (Å²) in [6.45, 7) is 26.3. The van der Waals surface area contributed by atoms with Crippen molar-refractivity contribution in [2.45, 2.75) is 147 Å². The van der Waals surface area contributed by atoms with Gasteiger partial charge in [-0.1, -0.05) is 167 Å². The van der Waals surface area contributed by atoms with Crippen LogP contribution >= 0.6 is 46.4 Å². The lowest BCUT2D eigenvalue weighted by atomic mass is 9.84. The Hall–Kier alpha value is -8.28. The van der Waals surface area contributed by atoms with Crippen molar-refractivity contribution in [2.24, 2.45) is 23.2 Å². The van der Waals surface area contributed by atoms with Crippen molar-refractivity contribution in [1.29, 1.82) is 0 Å². The van der Waals surface area contributed by atoms with E-state index >= 15 is 0 Å². The van der Waals surface area contributed by atoms with Gasteiger partial charge in [0.1, 0.15) is 72.2 Å². The van der Waals surface area contributed by atoms with Crippen LogP contribution in [0.3, 0.4) is 0 Å². The zero-order valence-corrected chi connectivity index (χ0v) is 63.3. The second kappa shape index (κ2) is 37.8. The summed E-state index contributed by atoms with van der Waals surface area (Å²) in [4.78, 5) is 76.6. The molecule has 8 heterocycles. The Morgan fingerprint density at radius 1 is 0.382 bits per heavy atom. The normalized spacial score (nSPS) is 17.2. The van der Waals surface area contributed by atoms with Crippen LogP contribution in [0.1, 0.15) is 179 Å². The van der Waals surface area contributed by atoms with E-state index in [1.54, 1.807) is 24.3 Å². The van der Waals surface area contributed by atoms with Crippen molar-refractivity contribution < 1.29 is 38.1 Å². The number of amides is 4. The summed E-state index contributed by atoms with van der Waals surface area (Å²) in [7, 11) is 0. The zero-order valence-electron chi connectivity index (χ0n) is 60.3. The van der Waals surface area contributed by atoms with Crippen molar-refractivity contribution in [3.8, 4) is 23.0 Å². The molecule has 8 aromatic rings. The van der Waals surface area contributed by atoms with E-state index in [0.29, 0.717) is 101 Å². The molecule has 4 amide bonds. The van der Waals surface area contributed by atoms with Gasteiger partial charge in [0.2, 0.25) is 0 Å². The predicted octanol–water partition coefficient (Wildman–Crippen LogP) is 18.8. The fraction of sp³-hybridized carbons (Fsp3) is 0.415. The van der Waals surface area contributed by atoms with Crippen molar-refractivity contribution in [3.05, 3.63) is 233 Å². The summed E-state index contributed by atoms with van der Waals surface area (Å²) in [5, 5.41) is 2.43. The standard InChI is InChI=1S/2C21H25ClN2O2.2C20H23ClN2O2/c1-15-7-4-10-18(19(15)22)26-13-16-8-5-9-17(23-16)20(25)24-12-6-11-21(2,3)14-24;1-14-10-15(2)12-24(11-14)21(25)18-8-5-7-17(23-18)13-26-19-9-4-6-16(3)20(19)22;1-14-6-5-11-23(12-14)20(24)17-9-4-8-16(22-17)13-25-18-10-3-7-15(2)19(18)21;1-15-8-6-11-18(19(15)21)25-14-16-9-7-10-17(22-16)20(24)23-12-4-2-3-5-13-23/h4-5,7-10H,6,11-14H2,1-3H3;4-9,14-15H,10-13H2,1-3H3;3-4,7-10,14H,5-6,11-13H2,1-2H3;6-11H,2-5,12-14H2,1H3. The molecule has 0 N–H and O–H groups in total. The van der Waals surface area contributed by atoms with Gasteiger partial charge < -0.3 is 38.5 Å². The van der Waals surface area contributed by atoms with Crippen LogP contribution in [-0.4, -0.2) is 116 Å². The number of piperidine rings is 3. The fourth-order valence-electron chi connectivity index (χ4n) is 13.0. The van der Waals surface area contributed by atoms with Gasteiger partial charge >= 0.3 is 0 Å². The number of carbonyl (C=O) groups is 4. The Labute approximate surface area is 622 Å². The molecular weight excluding hydrogens is 1370 g/mol. The topological polar surface area (TPSA) is 170 Å².